The van der Waals surface area contributed by atoms with E-state index in [4.69, 9.17) is 16.2 Å². The summed E-state index contributed by atoms with van der Waals surface area (Å²) in [5, 5.41) is 3.56. The first kappa shape index (κ1) is 48.2. The van der Waals surface area contributed by atoms with Crippen molar-refractivity contribution in [2.24, 2.45) is 57.8 Å². The van der Waals surface area contributed by atoms with Gasteiger partial charge in [-0.15, -0.1) is 0 Å². The van der Waals surface area contributed by atoms with E-state index >= 15 is 0 Å². The third-order valence-corrected chi connectivity index (χ3v) is 17.2. The average Bonchev–Trinajstić information content (AvgIpc) is 3.55. The van der Waals surface area contributed by atoms with Gasteiger partial charge in [0.25, 0.3) is 0 Å². The number of carbonyl (C=O) groups excluding carboxylic acids is 2. The zero-order chi connectivity index (χ0) is 41.9. The molecule has 0 aromatic carbocycles. The second-order valence-electron chi connectivity index (χ2n) is 21.0. The maximum absolute atomic E-state index is 13.6. The monoisotopic (exact) mass is 797 g/mol. The molecule has 4 aliphatic rings. The molecule has 330 valence electrons. The predicted molar refractivity (Wildman–Crippen MR) is 240 cm³/mol. The van der Waals surface area contributed by atoms with Gasteiger partial charge in [-0.1, -0.05) is 93.2 Å². The Balaban J connectivity index is 1.23. The van der Waals surface area contributed by atoms with Crippen LogP contribution in [0.25, 0.3) is 0 Å². The Morgan fingerprint density at radius 2 is 1.53 bits per heavy atom. The van der Waals surface area contributed by atoms with Gasteiger partial charge in [0.2, 0.25) is 5.91 Å². The van der Waals surface area contributed by atoms with E-state index in [0.29, 0.717) is 31.2 Å². The molecular formula is C50H92N4O3. The first-order chi connectivity index (χ1) is 27.1. The molecule has 1 amide bonds. The molecule has 0 bridgehead atoms. The normalized spacial score (nSPS) is 29.3. The molecule has 0 aliphatic heterocycles. The molecule has 3 saturated carbocycles. The Labute approximate surface area is 351 Å². The highest BCUT2D eigenvalue weighted by Crippen LogP contribution is 2.67. The first-order valence-corrected chi connectivity index (χ1v) is 24.5. The number of nitrogens with two attached hydrogens (primary N) is 2. The number of nitrogens with one attached hydrogen (secondary N) is 1. The zero-order valence-electron chi connectivity index (χ0n) is 38.8. The molecule has 0 heterocycles. The van der Waals surface area contributed by atoms with Gasteiger partial charge < -0.3 is 26.4 Å². The Morgan fingerprint density at radius 1 is 0.825 bits per heavy atom. The third-order valence-electron chi connectivity index (χ3n) is 17.2. The number of hydrogen-bond acceptors (Lipinski definition) is 6. The minimum Gasteiger partial charge on any atom is -0.462 e. The molecule has 0 aromatic heterocycles. The molecule has 0 aromatic rings. The van der Waals surface area contributed by atoms with Crippen LogP contribution >= 0.6 is 0 Å². The fraction of sp³-hybridized carbons (Fsp3) is 0.920. The minimum absolute atomic E-state index is 0.0310. The second kappa shape index (κ2) is 21.9. The largest absolute Gasteiger partial charge is 0.462 e. The first-order valence-electron chi connectivity index (χ1n) is 24.5. The molecule has 0 saturated heterocycles. The van der Waals surface area contributed by atoms with E-state index in [9.17, 15) is 9.59 Å². The Kier molecular flexibility index (Phi) is 18.5. The van der Waals surface area contributed by atoms with Crippen molar-refractivity contribution in [3.63, 3.8) is 0 Å². The second-order valence-corrected chi connectivity index (χ2v) is 21.0. The standard InChI is InChI=1S/C50H92N4O3/c1-10-49(51,11-2)30-33-53-32-14-15-34-54(35-31-50(52,12-3)13-4)45(55)20-17-21-46(56)57-40-26-28-47(8)39(36-40)22-23-41-43-25-24-42(38(7)19-16-18-37(5)6)48(43,9)29-27-44(41)47/h22,37-38,40-44,53H,10-21,23-36,51-52H2,1-9H3. The van der Waals surface area contributed by atoms with Crippen molar-refractivity contribution in [3.05, 3.63) is 11.6 Å². The van der Waals surface area contributed by atoms with Gasteiger partial charge in [-0.2, -0.15) is 0 Å². The summed E-state index contributed by atoms with van der Waals surface area (Å²) in [5.41, 5.74) is 15.1. The predicted octanol–water partition coefficient (Wildman–Crippen LogP) is 11.1. The quantitative estimate of drug-likeness (QED) is 0.0482. The molecular weight excluding hydrogens is 705 g/mol. The molecule has 3 fully saturated rings. The highest BCUT2D eigenvalue weighted by atomic mass is 16.5. The number of hydrogen-bond donors (Lipinski definition) is 3. The number of allylic oxidation sites excluding steroid dienone is 1. The lowest BCUT2D eigenvalue weighted by Gasteiger charge is -2.58. The Hall–Kier alpha value is -1.44. The molecule has 57 heavy (non-hydrogen) atoms. The molecule has 5 N–H and O–H groups in total. The SMILES string of the molecule is CCC(N)(CC)CCNCCCCN(CCC(N)(CC)CC)C(=O)CCCC(=O)OC1CCC2(C)C(=CCC3C2CCC2(C)C(C(C)CCCC(C)C)CCC32)C1. The van der Waals surface area contributed by atoms with E-state index in [-0.39, 0.29) is 34.5 Å². The van der Waals surface area contributed by atoms with Crippen molar-refractivity contribution >= 4 is 11.9 Å². The van der Waals surface area contributed by atoms with Crippen LogP contribution in [0.4, 0.5) is 0 Å². The van der Waals surface area contributed by atoms with Crippen molar-refractivity contribution in [2.45, 2.75) is 221 Å². The number of carbonyl (C=O) groups is 2. The third kappa shape index (κ3) is 12.6. The Bertz CT molecular complexity index is 1270. The minimum atomic E-state index is -0.246. The summed E-state index contributed by atoms with van der Waals surface area (Å²) in [5.74, 6) is 4.98. The van der Waals surface area contributed by atoms with E-state index < -0.39 is 0 Å². The average molecular weight is 797 g/mol. The van der Waals surface area contributed by atoms with E-state index in [2.05, 4.69) is 73.7 Å². The maximum atomic E-state index is 13.6. The molecule has 0 radical (unpaired) electrons. The van der Waals surface area contributed by atoms with Crippen LogP contribution in [0, 0.1) is 46.3 Å². The van der Waals surface area contributed by atoms with Crippen LogP contribution in [0.15, 0.2) is 11.6 Å². The molecule has 7 heteroatoms. The number of rotatable bonds is 25. The number of ether oxygens (including phenoxy) is 1. The van der Waals surface area contributed by atoms with Gasteiger partial charge in [0.05, 0.1) is 0 Å². The topological polar surface area (TPSA) is 111 Å². The number of nitrogens with zero attached hydrogens (tertiary/aromatic N) is 1. The van der Waals surface area contributed by atoms with Crippen molar-refractivity contribution < 1.29 is 14.3 Å². The van der Waals surface area contributed by atoms with Gasteiger partial charge in [-0.3, -0.25) is 9.59 Å². The van der Waals surface area contributed by atoms with Crippen LogP contribution in [-0.4, -0.2) is 60.1 Å². The van der Waals surface area contributed by atoms with Gasteiger partial charge in [-0.05, 0) is 162 Å². The summed E-state index contributed by atoms with van der Waals surface area (Å²) in [7, 11) is 0. The fourth-order valence-electron chi connectivity index (χ4n) is 12.5. The van der Waals surface area contributed by atoms with Crippen molar-refractivity contribution in [2.75, 3.05) is 26.2 Å². The number of esters is 1. The summed E-state index contributed by atoms with van der Waals surface area (Å²) in [6.07, 6.45) is 25.3. The summed E-state index contributed by atoms with van der Waals surface area (Å²) in [6.45, 7) is 24.4. The van der Waals surface area contributed by atoms with Crippen LogP contribution in [0.3, 0.4) is 0 Å². The fourth-order valence-corrected chi connectivity index (χ4v) is 12.5. The van der Waals surface area contributed by atoms with Crippen molar-refractivity contribution in [3.8, 4) is 0 Å². The van der Waals surface area contributed by atoms with Gasteiger partial charge in [-0.25, -0.2) is 0 Å². The van der Waals surface area contributed by atoms with Crippen LogP contribution in [-0.2, 0) is 14.3 Å². The summed E-state index contributed by atoms with van der Waals surface area (Å²) in [4.78, 5) is 28.8. The van der Waals surface area contributed by atoms with Crippen LogP contribution in [0.1, 0.15) is 204 Å². The Morgan fingerprint density at radius 3 is 2.21 bits per heavy atom. The number of unbranched alkanes of at least 4 members (excludes halogenated alkanes) is 1. The molecule has 4 rings (SSSR count). The highest BCUT2D eigenvalue weighted by Gasteiger charge is 2.59. The maximum Gasteiger partial charge on any atom is 0.306 e. The van der Waals surface area contributed by atoms with Gasteiger partial charge in [0, 0.05) is 43.4 Å². The van der Waals surface area contributed by atoms with Crippen LogP contribution in [0.5, 0.6) is 0 Å². The molecule has 7 nitrogen and oxygen atoms in total. The van der Waals surface area contributed by atoms with Crippen molar-refractivity contribution in [1.82, 2.24) is 10.2 Å². The van der Waals surface area contributed by atoms with E-state index in [1.165, 1.54) is 51.4 Å². The van der Waals surface area contributed by atoms with Gasteiger partial charge >= 0.3 is 5.97 Å². The van der Waals surface area contributed by atoms with Gasteiger partial charge in [0.1, 0.15) is 6.10 Å². The van der Waals surface area contributed by atoms with Crippen LogP contribution in [0.2, 0.25) is 0 Å². The van der Waals surface area contributed by atoms with E-state index in [1.807, 2.05) is 4.90 Å². The summed E-state index contributed by atoms with van der Waals surface area (Å²) in [6, 6.07) is 0. The number of amides is 1. The zero-order valence-corrected chi connectivity index (χ0v) is 38.8. The van der Waals surface area contributed by atoms with E-state index in [0.717, 1.165) is 126 Å². The van der Waals surface area contributed by atoms with Crippen molar-refractivity contribution in [1.29, 1.82) is 0 Å². The van der Waals surface area contributed by atoms with Crippen LogP contribution < -0.4 is 16.8 Å². The lowest BCUT2D eigenvalue weighted by atomic mass is 9.47. The van der Waals surface area contributed by atoms with Gasteiger partial charge in [0.15, 0.2) is 0 Å². The molecule has 8 atom stereocenters. The van der Waals surface area contributed by atoms with E-state index in [1.54, 1.807) is 5.57 Å². The molecule has 4 aliphatic carbocycles. The molecule has 8 unspecified atom stereocenters. The smallest absolute Gasteiger partial charge is 0.306 e. The lowest BCUT2D eigenvalue weighted by Crippen LogP contribution is -2.51. The summed E-state index contributed by atoms with van der Waals surface area (Å²) >= 11 is 0. The molecule has 0 spiro atoms. The summed E-state index contributed by atoms with van der Waals surface area (Å²) < 4.78 is 6.17. The highest BCUT2D eigenvalue weighted by molar-refractivity contribution is 5.77. The number of fused-ring (bicyclic) bond motifs is 5. The lowest BCUT2D eigenvalue weighted by molar-refractivity contribution is -0.151.